The van der Waals surface area contributed by atoms with Crippen LogP contribution in [0, 0.1) is 20.8 Å². The molecule has 2 aromatic rings. The van der Waals surface area contributed by atoms with Crippen LogP contribution in [0.25, 0.3) is 0 Å². The summed E-state index contributed by atoms with van der Waals surface area (Å²) in [6, 6.07) is 7.12. The van der Waals surface area contributed by atoms with Gasteiger partial charge in [-0.15, -0.1) is 0 Å². The Morgan fingerprint density at radius 1 is 1.05 bits per heavy atom. The number of furan rings is 1. The zero-order chi connectivity index (χ0) is 14.0. The zero-order valence-electron chi connectivity index (χ0n) is 11.3. The number of carbonyl (C=O) groups excluding carboxylic acids is 2. The number of benzene rings is 1. The molecule has 0 fully saturated rings. The molecule has 0 spiro atoms. The normalized spacial score (nSPS) is 10.5. The third-order valence-electron chi connectivity index (χ3n) is 3.07. The largest absolute Gasteiger partial charge is 0.461 e. The van der Waals surface area contributed by atoms with Gasteiger partial charge in [0.25, 0.3) is 0 Å². The highest BCUT2D eigenvalue weighted by Crippen LogP contribution is 2.19. The predicted octanol–water partition coefficient (Wildman–Crippen LogP) is 3.66. The zero-order valence-corrected chi connectivity index (χ0v) is 11.3. The van der Waals surface area contributed by atoms with E-state index >= 15 is 0 Å². The van der Waals surface area contributed by atoms with Crippen LogP contribution in [-0.4, -0.2) is 11.6 Å². The van der Waals surface area contributed by atoms with Crippen LogP contribution in [0.15, 0.2) is 34.9 Å². The second kappa shape index (κ2) is 5.22. The molecule has 2 rings (SSSR count). The van der Waals surface area contributed by atoms with Crippen LogP contribution >= 0.6 is 0 Å². The molecule has 0 N–H and O–H groups in total. The number of rotatable bonds is 4. The Hall–Kier alpha value is -2.16. The first-order valence-electron chi connectivity index (χ1n) is 6.17. The molecule has 0 saturated heterocycles. The molecular formula is C16H16O3. The Morgan fingerprint density at radius 3 is 2.21 bits per heavy atom. The van der Waals surface area contributed by atoms with E-state index in [0.717, 1.165) is 16.7 Å². The van der Waals surface area contributed by atoms with E-state index in [1.54, 1.807) is 12.1 Å². The lowest BCUT2D eigenvalue weighted by atomic mass is 9.94. The molecule has 1 heterocycles. The lowest BCUT2D eigenvalue weighted by Crippen LogP contribution is -2.11. The second-order valence-corrected chi connectivity index (χ2v) is 4.77. The average Bonchev–Trinajstić information content (AvgIpc) is 2.80. The first-order valence-corrected chi connectivity index (χ1v) is 6.17. The fraction of sp³-hybridized carbons (Fsp3) is 0.250. The van der Waals surface area contributed by atoms with Crippen molar-refractivity contribution in [3.8, 4) is 0 Å². The highest BCUT2D eigenvalue weighted by Gasteiger charge is 2.18. The minimum Gasteiger partial charge on any atom is -0.461 e. The van der Waals surface area contributed by atoms with Crippen molar-refractivity contribution in [3.05, 3.63) is 58.5 Å². The summed E-state index contributed by atoms with van der Waals surface area (Å²) in [7, 11) is 0. The molecule has 0 aliphatic carbocycles. The molecule has 3 heteroatoms. The fourth-order valence-corrected chi connectivity index (χ4v) is 2.38. The van der Waals surface area contributed by atoms with Gasteiger partial charge in [0.15, 0.2) is 11.5 Å². The van der Waals surface area contributed by atoms with E-state index < -0.39 is 0 Å². The first kappa shape index (κ1) is 13.3. The van der Waals surface area contributed by atoms with Gasteiger partial charge in [0, 0.05) is 5.56 Å². The molecule has 0 bridgehead atoms. The number of Topliss-reactive ketones (excluding diaryl/α,β-unsaturated/α-hetero) is 2. The minimum absolute atomic E-state index is 0.155. The predicted molar refractivity (Wildman–Crippen MR) is 72.6 cm³/mol. The number of ketones is 2. The Morgan fingerprint density at radius 2 is 1.68 bits per heavy atom. The molecular weight excluding hydrogens is 240 g/mol. The van der Waals surface area contributed by atoms with Crippen molar-refractivity contribution in [2.75, 3.05) is 0 Å². The van der Waals surface area contributed by atoms with Gasteiger partial charge in [-0.2, -0.15) is 0 Å². The van der Waals surface area contributed by atoms with Gasteiger partial charge in [0.2, 0.25) is 5.78 Å². The third kappa shape index (κ3) is 2.81. The lowest BCUT2D eigenvalue weighted by molar-refractivity contribution is 0.0877. The molecule has 98 valence electrons. The van der Waals surface area contributed by atoms with Crippen LogP contribution < -0.4 is 0 Å². The van der Waals surface area contributed by atoms with Crippen molar-refractivity contribution >= 4 is 11.6 Å². The summed E-state index contributed by atoms with van der Waals surface area (Å²) < 4.78 is 5.01. The van der Waals surface area contributed by atoms with Crippen LogP contribution in [0.4, 0.5) is 0 Å². The van der Waals surface area contributed by atoms with Crippen LogP contribution in [0.5, 0.6) is 0 Å². The highest BCUT2D eigenvalue weighted by molar-refractivity contribution is 6.13. The Labute approximate surface area is 112 Å². The number of hydrogen-bond donors (Lipinski definition) is 0. The molecule has 3 nitrogen and oxygen atoms in total. The van der Waals surface area contributed by atoms with Gasteiger partial charge in [-0.05, 0) is 44.0 Å². The average molecular weight is 256 g/mol. The van der Waals surface area contributed by atoms with Gasteiger partial charge >= 0.3 is 0 Å². The molecule has 0 saturated carbocycles. The highest BCUT2D eigenvalue weighted by atomic mass is 16.3. The molecule has 0 radical (unpaired) electrons. The van der Waals surface area contributed by atoms with Gasteiger partial charge in [0.1, 0.15) is 0 Å². The Bertz CT molecular complexity index is 598. The molecule has 0 aliphatic rings. The van der Waals surface area contributed by atoms with Gasteiger partial charge in [-0.1, -0.05) is 17.7 Å². The summed E-state index contributed by atoms with van der Waals surface area (Å²) >= 11 is 0. The van der Waals surface area contributed by atoms with E-state index in [0.29, 0.717) is 5.56 Å². The Kier molecular flexibility index (Phi) is 3.65. The smallest absolute Gasteiger partial charge is 0.205 e. The van der Waals surface area contributed by atoms with E-state index in [-0.39, 0.29) is 23.7 Å². The summed E-state index contributed by atoms with van der Waals surface area (Å²) in [5, 5.41) is 0. The van der Waals surface area contributed by atoms with E-state index in [1.807, 2.05) is 32.9 Å². The fourth-order valence-electron chi connectivity index (χ4n) is 2.38. The standard InChI is InChI=1S/C16H16O3/c1-10-7-11(2)16(12(3)8-10)14(18)9-13(17)15-5-4-6-19-15/h4-8H,9H2,1-3H3. The topological polar surface area (TPSA) is 47.3 Å². The van der Waals surface area contributed by atoms with Crippen molar-refractivity contribution in [1.82, 2.24) is 0 Å². The van der Waals surface area contributed by atoms with Gasteiger partial charge in [-0.3, -0.25) is 9.59 Å². The quantitative estimate of drug-likeness (QED) is 0.619. The molecule has 0 atom stereocenters. The molecule has 1 aromatic carbocycles. The number of aryl methyl sites for hydroxylation is 3. The summed E-state index contributed by atoms with van der Waals surface area (Å²) in [5.74, 6) is -0.207. The monoisotopic (exact) mass is 256 g/mol. The van der Waals surface area contributed by atoms with Crippen molar-refractivity contribution < 1.29 is 14.0 Å². The van der Waals surface area contributed by atoms with Crippen LogP contribution in [0.2, 0.25) is 0 Å². The lowest BCUT2D eigenvalue weighted by Gasteiger charge is -2.09. The molecule has 0 aliphatic heterocycles. The van der Waals surface area contributed by atoms with Crippen molar-refractivity contribution in [2.45, 2.75) is 27.2 Å². The van der Waals surface area contributed by atoms with E-state index in [2.05, 4.69) is 0 Å². The molecule has 1 aromatic heterocycles. The van der Waals surface area contributed by atoms with Crippen molar-refractivity contribution in [3.63, 3.8) is 0 Å². The maximum atomic E-state index is 12.2. The maximum absolute atomic E-state index is 12.2. The third-order valence-corrected chi connectivity index (χ3v) is 3.07. The SMILES string of the molecule is Cc1cc(C)c(C(=O)CC(=O)c2ccco2)c(C)c1. The molecule has 19 heavy (non-hydrogen) atoms. The Balaban J connectivity index is 2.24. The molecule has 0 unspecified atom stereocenters. The summed E-state index contributed by atoms with van der Waals surface area (Å²) in [4.78, 5) is 24.1. The van der Waals surface area contributed by atoms with Crippen LogP contribution in [0.3, 0.4) is 0 Å². The van der Waals surface area contributed by atoms with Gasteiger partial charge in [-0.25, -0.2) is 0 Å². The van der Waals surface area contributed by atoms with Gasteiger partial charge < -0.3 is 4.42 Å². The number of carbonyl (C=O) groups is 2. The summed E-state index contributed by atoms with van der Waals surface area (Å²) in [6.07, 6.45) is 1.28. The van der Waals surface area contributed by atoms with E-state index in [9.17, 15) is 9.59 Å². The van der Waals surface area contributed by atoms with Crippen LogP contribution in [-0.2, 0) is 0 Å². The van der Waals surface area contributed by atoms with Crippen molar-refractivity contribution in [2.24, 2.45) is 0 Å². The number of hydrogen-bond acceptors (Lipinski definition) is 3. The molecule has 0 amide bonds. The van der Waals surface area contributed by atoms with E-state index in [4.69, 9.17) is 4.42 Å². The second-order valence-electron chi connectivity index (χ2n) is 4.77. The van der Waals surface area contributed by atoms with Crippen LogP contribution in [0.1, 0.15) is 44.0 Å². The van der Waals surface area contributed by atoms with Gasteiger partial charge in [0.05, 0.1) is 12.7 Å². The first-order chi connectivity index (χ1) is 8.99. The minimum atomic E-state index is -0.283. The summed E-state index contributed by atoms with van der Waals surface area (Å²) in [6.45, 7) is 5.78. The summed E-state index contributed by atoms with van der Waals surface area (Å²) in [5.41, 5.74) is 3.58. The van der Waals surface area contributed by atoms with Crippen molar-refractivity contribution in [1.29, 1.82) is 0 Å². The van der Waals surface area contributed by atoms with E-state index in [1.165, 1.54) is 6.26 Å². The maximum Gasteiger partial charge on any atom is 0.205 e.